The number of rotatable bonds is 3. The first-order valence-corrected chi connectivity index (χ1v) is 9.01. The molecule has 0 fully saturated rings. The lowest BCUT2D eigenvalue weighted by Gasteiger charge is -2.34. The van der Waals surface area contributed by atoms with Crippen molar-refractivity contribution in [3.8, 4) is 5.75 Å². The van der Waals surface area contributed by atoms with Gasteiger partial charge < -0.3 is 10.1 Å². The number of ether oxygens (including phenoxy) is 1. The van der Waals surface area contributed by atoms with Crippen molar-refractivity contribution in [3.05, 3.63) is 53.6 Å². The largest absolute Gasteiger partial charge is 0.476 e. The van der Waals surface area contributed by atoms with Crippen LogP contribution in [0.15, 0.2) is 53.4 Å². The quantitative estimate of drug-likeness (QED) is 0.902. The van der Waals surface area contributed by atoms with Gasteiger partial charge in [-0.25, -0.2) is 8.42 Å². The van der Waals surface area contributed by atoms with E-state index >= 15 is 0 Å². The number of carbonyl (C=O) groups is 1. The van der Waals surface area contributed by atoms with Crippen molar-refractivity contribution < 1.29 is 17.9 Å². The van der Waals surface area contributed by atoms with E-state index in [1.807, 2.05) is 0 Å². The summed E-state index contributed by atoms with van der Waals surface area (Å²) in [5, 5.41) is 2.93. The second-order valence-electron chi connectivity index (χ2n) is 5.18. The number of nitrogens with one attached hydrogen (secondary N) is 1. The maximum Gasteiger partial charge on any atom is 0.264 e. The van der Waals surface area contributed by atoms with Gasteiger partial charge in [-0.3, -0.25) is 9.10 Å². The van der Waals surface area contributed by atoms with Gasteiger partial charge in [-0.1, -0.05) is 23.7 Å². The van der Waals surface area contributed by atoms with Crippen LogP contribution in [-0.4, -0.2) is 34.0 Å². The molecule has 2 aromatic carbocycles. The molecule has 3 rings (SSSR count). The summed E-state index contributed by atoms with van der Waals surface area (Å²) in [6.45, 7) is -0.109. The topological polar surface area (TPSA) is 75.7 Å². The number of hydrogen-bond acceptors (Lipinski definition) is 4. The second-order valence-corrected chi connectivity index (χ2v) is 7.48. The van der Waals surface area contributed by atoms with Crippen LogP contribution in [0.4, 0.5) is 5.69 Å². The number of nitrogens with zero attached hydrogens (tertiary/aromatic N) is 1. The molecular formula is C16H15ClN2O4S. The molecule has 1 N–H and O–H groups in total. The predicted octanol–water partition coefficient (Wildman–Crippen LogP) is 2.04. The third kappa shape index (κ3) is 2.92. The molecule has 1 amide bonds. The Morgan fingerprint density at radius 2 is 1.88 bits per heavy atom. The number of hydrogen-bond donors (Lipinski definition) is 1. The van der Waals surface area contributed by atoms with Crippen molar-refractivity contribution in [2.75, 3.05) is 17.9 Å². The number of likely N-dealkylation sites (N-methyl/N-ethyl adjacent to an activating group) is 1. The van der Waals surface area contributed by atoms with Gasteiger partial charge in [0.15, 0.2) is 6.10 Å². The lowest BCUT2D eigenvalue weighted by Crippen LogP contribution is -2.50. The number of halogens is 1. The summed E-state index contributed by atoms with van der Waals surface area (Å²) in [5.74, 6) is -0.0457. The number of fused-ring (bicyclic) bond motifs is 1. The Hall–Kier alpha value is -2.25. The molecule has 2 aromatic rings. The first-order valence-electron chi connectivity index (χ1n) is 7.19. The van der Waals surface area contributed by atoms with E-state index in [4.69, 9.17) is 16.3 Å². The van der Waals surface area contributed by atoms with E-state index < -0.39 is 16.1 Å². The van der Waals surface area contributed by atoms with Crippen LogP contribution in [0.3, 0.4) is 0 Å². The number of benzene rings is 2. The van der Waals surface area contributed by atoms with Crippen molar-refractivity contribution in [2.45, 2.75) is 11.0 Å². The molecular weight excluding hydrogens is 352 g/mol. The second kappa shape index (κ2) is 6.33. The molecule has 0 saturated heterocycles. The van der Waals surface area contributed by atoms with Gasteiger partial charge in [-0.05, 0) is 36.4 Å². The van der Waals surface area contributed by atoms with E-state index in [1.54, 1.807) is 24.3 Å². The van der Waals surface area contributed by atoms with Crippen LogP contribution in [0, 0.1) is 0 Å². The minimum Gasteiger partial charge on any atom is -0.476 e. The molecule has 0 unspecified atom stereocenters. The highest BCUT2D eigenvalue weighted by atomic mass is 35.5. The van der Waals surface area contributed by atoms with E-state index in [1.165, 1.54) is 35.6 Å². The first-order chi connectivity index (χ1) is 11.4. The third-order valence-corrected chi connectivity index (χ3v) is 5.72. The van der Waals surface area contributed by atoms with Gasteiger partial charge in [-0.2, -0.15) is 0 Å². The number of anilines is 1. The fourth-order valence-corrected chi connectivity index (χ4v) is 4.06. The Kier molecular flexibility index (Phi) is 4.38. The molecule has 0 aromatic heterocycles. The van der Waals surface area contributed by atoms with Crippen molar-refractivity contribution in [1.82, 2.24) is 5.32 Å². The summed E-state index contributed by atoms with van der Waals surface area (Å²) >= 11 is 5.83. The Balaban J connectivity index is 2.07. The van der Waals surface area contributed by atoms with Crippen LogP contribution in [0.25, 0.3) is 0 Å². The molecule has 0 spiro atoms. The van der Waals surface area contributed by atoms with Crippen LogP contribution < -0.4 is 14.4 Å². The highest BCUT2D eigenvalue weighted by Gasteiger charge is 2.37. The standard InChI is InChI=1S/C16H15ClN2O4S/c1-18-16(20)15-10-19(13-4-2-3-5-14(13)23-15)24(21,22)12-8-6-11(17)7-9-12/h2-9,15H,10H2,1H3,(H,18,20)/t15-/m0/s1. The first kappa shape index (κ1) is 16.6. The minimum absolute atomic E-state index is 0.0965. The van der Waals surface area contributed by atoms with Gasteiger partial charge in [0.25, 0.3) is 15.9 Å². The Morgan fingerprint density at radius 1 is 1.21 bits per heavy atom. The van der Waals surface area contributed by atoms with E-state index in [0.29, 0.717) is 16.5 Å². The summed E-state index contributed by atoms with van der Waals surface area (Å²) in [7, 11) is -2.38. The Labute approximate surface area is 145 Å². The average Bonchev–Trinajstić information content (AvgIpc) is 2.60. The number of para-hydroxylation sites is 2. The lowest BCUT2D eigenvalue weighted by molar-refractivity contribution is -0.127. The molecule has 126 valence electrons. The Morgan fingerprint density at radius 3 is 2.54 bits per heavy atom. The van der Waals surface area contributed by atoms with Gasteiger partial charge in [0.1, 0.15) is 5.75 Å². The molecule has 0 saturated carbocycles. The van der Waals surface area contributed by atoms with Crippen LogP contribution in [0.5, 0.6) is 5.75 Å². The zero-order valence-corrected chi connectivity index (χ0v) is 14.3. The molecule has 1 atom stereocenters. The molecule has 1 heterocycles. The number of carbonyl (C=O) groups excluding carboxylic acids is 1. The van der Waals surface area contributed by atoms with E-state index in [9.17, 15) is 13.2 Å². The maximum atomic E-state index is 13.0. The van der Waals surface area contributed by atoms with E-state index in [0.717, 1.165) is 0 Å². The van der Waals surface area contributed by atoms with Crippen LogP contribution in [0.2, 0.25) is 5.02 Å². The molecule has 0 aliphatic carbocycles. The highest BCUT2D eigenvalue weighted by molar-refractivity contribution is 7.92. The smallest absolute Gasteiger partial charge is 0.264 e. The van der Waals surface area contributed by atoms with Crippen LogP contribution in [0.1, 0.15) is 0 Å². The van der Waals surface area contributed by atoms with Gasteiger partial charge in [-0.15, -0.1) is 0 Å². The van der Waals surface area contributed by atoms with Crippen molar-refractivity contribution in [3.63, 3.8) is 0 Å². The zero-order valence-electron chi connectivity index (χ0n) is 12.8. The maximum absolute atomic E-state index is 13.0. The molecule has 1 aliphatic rings. The monoisotopic (exact) mass is 366 g/mol. The van der Waals surface area contributed by atoms with Gasteiger partial charge in [0.2, 0.25) is 0 Å². The summed E-state index contributed by atoms with van der Waals surface area (Å²) in [4.78, 5) is 12.1. The van der Waals surface area contributed by atoms with Crippen molar-refractivity contribution >= 4 is 33.2 Å². The number of amides is 1. The predicted molar refractivity (Wildman–Crippen MR) is 90.9 cm³/mol. The molecule has 24 heavy (non-hydrogen) atoms. The van der Waals surface area contributed by atoms with Gasteiger partial charge in [0.05, 0.1) is 17.1 Å². The highest BCUT2D eigenvalue weighted by Crippen LogP contribution is 2.36. The molecule has 0 radical (unpaired) electrons. The minimum atomic E-state index is -3.85. The lowest BCUT2D eigenvalue weighted by atomic mass is 10.2. The molecule has 8 heteroatoms. The summed E-state index contributed by atoms with van der Waals surface area (Å²) in [6, 6.07) is 12.6. The summed E-state index contributed by atoms with van der Waals surface area (Å²) < 4.78 is 32.8. The number of sulfonamides is 1. The van der Waals surface area contributed by atoms with E-state index in [-0.39, 0.29) is 17.3 Å². The molecule has 6 nitrogen and oxygen atoms in total. The normalized spacial score (nSPS) is 16.9. The van der Waals surface area contributed by atoms with Crippen LogP contribution in [-0.2, 0) is 14.8 Å². The average molecular weight is 367 g/mol. The fraction of sp³-hybridized carbons (Fsp3) is 0.188. The summed E-state index contributed by atoms with van der Waals surface area (Å²) in [5.41, 5.74) is 0.396. The third-order valence-electron chi connectivity index (χ3n) is 3.68. The van der Waals surface area contributed by atoms with Gasteiger partial charge in [0, 0.05) is 12.1 Å². The van der Waals surface area contributed by atoms with Crippen molar-refractivity contribution in [2.24, 2.45) is 0 Å². The zero-order chi connectivity index (χ0) is 17.3. The molecule has 0 bridgehead atoms. The van der Waals surface area contributed by atoms with E-state index in [2.05, 4.69) is 5.32 Å². The van der Waals surface area contributed by atoms with Crippen molar-refractivity contribution in [1.29, 1.82) is 0 Å². The molecule has 1 aliphatic heterocycles. The summed E-state index contributed by atoms with van der Waals surface area (Å²) in [6.07, 6.45) is -0.924. The SMILES string of the molecule is CNC(=O)[C@@H]1CN(S(=O)(=O)c2ccc(Cl)cc2)c2ccccc2O1. The van der Waals surface area contributed by atoms with Gasteiger partial charge >= 0.3 is 0 Å². The fourth-order valence-electron chi connectivity index (χ4n) is 2.46. The van der Waals surface area contributed by atoms with Crippen LogP contribution >= 0.6 is 11.6 Å². The Bertz CT molecular complexity index is 868.